The van der Waals surface area contributed by atoms with Crippen molar-refractivity contribution in [3.8, 4) is 5.75 Å². The Labute approximate surface area is 149 Å². The van der Waals surface area contributed by atoms with Gasteiger partial charge >= 0.3 is 0 Å². The number of benzene rings is 1. The van der Waals surface area contributed by atoms with Gasteiger partial charge in [0.2, 0.25) is 0 Å². The van der Waals surface area contributed by atoms with Crippen LogP contribution in [0, 0.1) is 5.82 Å². The van der Waals surface area contributed by atoms with Crippen LogP contribution in [0.25, 0.3) is 10.9 Å². The van der Waals surface area contributed by atoms with Gasteiger partial charge in [0, 0.05) is 17.9 Å². The number of anilines is 2. The zero-order valence-corrected chi connectivity index (χ0v) is 14.0. The number of pyridine rings is 2. The third-order valence-electron chi connectivity index (χ3n) is 4.06. The SMILES string of the molecule is COc1ccc(Nc2cc3[nH]ncc3c(Cc3ccccc3F)n2)nc1. The molecule has 0 spiro atoms. The van der Waals surface area contributed by atoms with Crippen LogP contribution in [-0.4, -0.2) is 27.3 Å². The number of aromatic nitrogens is 4. The highest BCUT2D eigenvalue weighted by molar-refractivity contribution is 5.83. The summed E-state index contributed by atoms with van der Waals surface area (Å²) in [5.74, 6) is 1.66. The highest BCUT2D eigenvalue weighted by Crippen LogP contribution is 2.24. The maximum absolute atomic E-state index is 14.0. The van der Waals surface area contributed by atoms with Crippen molar-refractivity contribution in [3.05, 3.63) is 71.9 Å². The molecule has 0 atom stereocenters. The number of methoxy groups -OCH3 is 1. The number of rotatable bonds is 5. The minimum Gasteiger partial charge on any atom is -0.495 e. The van der Waals surface area contributed by atoms with Crippen LogP contribution in [0.2, 0.25) is 0 Å². The molecule has 3 heterocycles. The van der Waals surface area contributed by atoms with Gasteiger partial charge in [-0.3, -0.25) is 5.10 Å². The van der Waals surface area contributed by atoms with Crippen LogP contribution in [-0.2, 0) is 6.42 Å². The number of hydrogen-bond donors (Lipinski definition) is 2. The fraction of sp³-hybridized carbons (Fsp3) is 0.105. The third kappa shape index (κ3) is 3.19. The first-order valence-corrected chi connectivity index (χ1v) is 8.06. The molecule has 4 aromatic rings. The van der Waals surface area contributed by atoms with Crippen LogP contribution in [0.15, 0.2) is 54.9 Å². The summed E-state index contributed by atoms with van der Waals surface area (Å²) < 4.78 is 19.1. The zero-order chi connectivity index (χ0) is 17.9. The van der Waals surface area contributed by atoms with Crippen molar-refractivity contribution in [2.24, 2.45) is 0 Å². The van der Waals surface area contributed by atoms with Gasteiger partial charge in [-0.2, -0.15) is 5.10 Å². The van der Waals surface area contributed by atoms with E-state index in [9.17, 15) is 4.39 Å². The molecule has 7 heteroatoms. The average molecular weight is 349 g/mol. The monoisotopic (exact) mass is 349 g/mol. The largest absolute Gasteiger partial charge is 0.495 e. The van der Waals surface area contributed by atoms with Crippen LogP contribution in [0.3, 0.4) is 0 Å². The van der Waals surface area contributed by atoms with E-state index < -0.39 is 0 Å². The van der Waals surface area contributed by atoms with Crippen molar-refractivity contribution >= 4 is 22.5 Å². The first kappa shape index (κ1) is 16.0. The molecule has 0 fully saturated rings. The summed E-state index contributed by atoms with van der Waals surface area (Å²) in [4.78, 5) is 8.92. The number of halogens is 1. The lowest BCUT2D eigenvalue weighted by molar-refractivity contribution is 0.413. The van der Waals surface area contributed by atoms with Crippen molar-refractivity contribution in [2.45, 2.75) is 6.42 Å². The second kappa shape index (κ2) is 6.79. The molecule has 1 aromatic carbocycles. The Hall–Kier alpha value is -3.48. The molecule has 0 radical (unpaired) electrons. The van der Waals surface area contributed by atoms with E-state index in [1.54, 1.807) is 37.7 Å². The topological polar surface area (TPSA) is 75.7 Å². The fourth-order valence-electron chi connectivity index (χ4n) is 2.74. The molecule has 26 heavy (non-hydrogen) atoms. The Kier molecular flexibility index (Phi) is 4.18. The van der Waals surface area contributed by atoms with Crippen molar-refractivity contribution < 1.29 is 9.13 Å². The molecule has 4 rings (SSSR count). The molecular formula is C19H16FN5O. The summed E-state index contributed by atoms with van der Waals surface area (Å²) in [6.45, 7) is 0. The van der Waals surface area contributed by atoms with E-state index in [0.29, 0.717) is 29.4 Å². The quantitative estimate of drug-likeness (QED) is 0.573. The Morgan fingerprint density at radius 3 is 2.77 bits per heavy atom. The van der Waals surface area contributed by atoms with E-state index in [1.807, 2.05) is 18.2 Å². The lowest BCUT2D eigenvalue weighted by Gasteiger charge is -2.09. The molecule has 0 aliphatic rings. The number of ether oxygens (including phenoxy) is 1. The molecule has 0 aliphatic carbocycles. The summed E-state index contributed by atoms with van der Waals surface area (Å²) in [5.41, 5.74) is 2.14. The Morgan fingerprint density at radius 1 is 1.12 bits per heavy atom. The van der Waals surface area contributed by atoms with Crippen molar-refractivity contribution in [2.75, 3.05) is 12.4 Å². The van der Waals surface area contributed by atoms with E-state index >= 15 is 0 Å². The number of nitrogens with zero attached hydrogens (tertiary/aromatic N) is 3. The van der Waals surface area contributed by atoms with Gasteiger partial charge in [-0.1, -0.05) is 18.2 Å². The first-order chi connectivity index (χ1) is 12.7. The Balaban J connectivity index is 1.68. The van der Waals surface area contributed by atoms with E-state index in [-0.39, 0.29) is 5.82 Å². The van der Waals surface area contributed by atoms with Gasteiger partial charge in [0.05, 0.1) is 30.7 Å². The van der Waals surface area contributed by atoms with E-state index in [4.69, 9.17) is 4.74 Å². The number of aromatic amines is 1. The van der Waals surface area contributed by atoms with Gasteiger partial charge in [-0.25, -0.2) is 14.4 Å². The maximum atomic E-state index is 14.0. The molecule has 0 saturated heterocycles. The van der Waals surface area contributed by atoms with Gasteiger partial charge in [-0.15, -0.1) is 0 Å². The Morgan fingerprint density at radius 2 is 2.00 bits per heavy atom. The van der Waals surface area contributed by atoms with E-state index in [0.717, 1.165) is 16.6 Å². The van der Waals surface area contributed by atoms with Gasteiger partial charge < -0.3 is 10.1 Å². The minimum absolute atomic E-state index is 0.249. The normalized spacial score (nSPS) is 10.8. The summed E-state index contributed by atoms with van der Waals surface area (Å²) in [5, 5.41) is 11.0. The maximum Gasteiger partial charge on any atom is 0.137 e. The van der Waals surface area contributed by atoms with Crippen molar-refractivity contribution in [1.82, 2.24) is 20.2 Å². The second-order valence-electron chi connectivity index (χ2n) is 5.76. The molecule has 0 saturated carbocycles. The average Bonchev–Trinajstić information content (AvgIpc) is 3.13. The molecule has 6 nitrogen and oxygen atoms in total. The number of fused-ring (bicyclic) bond motifs is 1. The highest BCUT2D eigenvalue weighted by Gasteiger charge is 2.11. The molecule has 130 valence electrons. The van der Waals surface area contributed by atoms with Crippen LogP contribution >= 0.6 is 0 Å². The number of H-pyrrole nitrogens is 1. The van der Waals surface area contributed by atoms with Crippen molar-refractivity contribution in [3.63, 3.8) is 0 Å². The molecule has 0 aliphatic heterocycles. The van der Waals surface area contributed by atoms with Crippen molar-refractivity contribution in [1.29, 1.82) is 0 Å². The molecular weight excluding hydrogens is 333 g/mol. The summed E-state index contributed by atoms with van der Waals surface area (Å²) in [7, 11) is 1.59. The summed E-state index contributed by atoms with van der Waals surface area (Å²) in [6, 6.07) is 12.2. The molecule has 2 N–H and O–H groups in total. The summed E-state index contributed by atoms with van der Waals surface area (Å²) >= 11 is 0. The van der Waals surface area contributed by atoms with Gasteiger partial charge in [-0.05, 0) is 23.8 Å². The highest BCUT2D eigenvalue weighted by atomic mass is 19.1. The van der Waals surface area contributed by atoms with Crippen LogP contribution in [0.1, 0.15) is 11.3 Å². The predicted octanol–water partition coefficient (Wildman–Crippen LogP) is 3.84. The van der Waals surface area contributed by atoms with Gasteiger partial charge in [0.1, 0.15) is 23.2 Å². The third-order valence-corrected chi connectivity index (χ3v) is 4.06. The van der Waals surface area contributed by atoms with E-state index in [1.165, 1.54) is 6.07 Å². The number of nitrogens with one attached hydrogen (secondary N) is 2. The fourth-order valence-corrected chi connectivity index (χ4v) is 2.74. The minimum atomic E-state index is -0.249. The van der Waals surface area contributed by atoms with E-state index in [2.05, 4.69) is 25.5 Å². The van der Waals surface area contributed by atoms with Crippen LogP contribution < -0.4 is 10.1 Å². The molecule has 3 aromatic heterocycles. The molecule has 0 unspecified atom stereocenters. The molecule has 0 amide bonds. The summed E-state index contributed by atoms with van der Waals surface area (Å²) in [6.07, 6.45) is 3.69. The van der Waals surface area contributed by atoms with Crippen LogP contribution in [0.5, 0.6) is 5.75 Å². The van der Waals surface area contributed by atoms with Gasteiger partial charge in [0.25, 0.3) is 0 Å². The second-order valence-corrected chi connectivity index (χ2v) is 5.76. The van der Waals surface area contributed by atoms with Gasteiger partial charge in [0.15, 0.2) is 0 Å². The molecule has 0 bridgehead atoms. The standard InChI is InChI=1S/C19H16FN5O/c1-26-13-6-7-18(21-10-13)24-19-9-17-14(11-22-25-17)16(23-19)8-12-4-2-3-5-15(12)20/h2-7,9-11H,8H2,1H3,(H,22,25)(H,21,23,24). The zero-order valence-electron chi connectivity index (χ0n) is 14.0. The predicted molar refractivity (Wildman–Crippen MR) is 97.2 cm³/mol. The first-order valence-electron chi connectivity index (χ1n) is 8.06. The van der Waals surface area contributed by atoms with Crippen LogP contribution in [0.4, 0.5) is 16.0 Å². The lowest BCUT2D eigenvalue weighted by atomic mass is 10.1. The Bertz CT molecular complexity index is 1050. The smallest absolute Gasteiger partial charge is 0.137 e. The lowest BCUT2D eigenvalue weighted by Crippen LogP contribution is -2.01. The number of hydrogen-bond acceptors (Lipinski definition) is 5.